The lowest BCUT2D eigenvalue weighted by Crippen LogP contribution is -2.03. The van der Waals surface area contributed by atoms with Crippen LogP contribution in [0.5, 0.6) is 0 Å². The van der Waals surface area contributed by atoms with E-state index in [-0.39, 0.29) is 11.7 Å². The molecule has 0 nitrogen and oxygen atoms in total. The first-order valence-electron chi connectivity index (χ1n) is 6.83. The van der Waals surface area contributed by atoms with Gasteiger partial charge in [-0.3, -0.25) is 0 Å². The summed E-state index contributed by atoms with van der Waals surface area (Å²) < 4.78 is 24.8. The van der Waals surface area contributed by atoms with Crippen LogP contribution in [0, 0.1) is 11.8 Å². The number of rotatable bonds is 9. The molecule has 0 aromatic rings. The molecule has 0 radical (unpaired) electrons. The fourth-order valence-corrected chi connectivity index (χ4v) is 1.87. The van der Waals surface area contributed by atoms with Crippen molar-refractivity contribution >= 4 is 0 Å². The number of alkyl halides is 1. The molecule has 0 aromatic heterocycles. The van der Waals surface area contributed by atoms with Gasteiger partial charge in [0.2, 0.25) is 0 Å². The third-order valence-electron chi connectivity index (χ3n) is 2.98. The minimum absolute atomic E-state index is 0.165. The predicted molar refractivity (Wildman–Crippen MR) is 80.4 cm³/mol. The third-order valence-corrected chi connectivity index (χ3v) is 2.98. The maximum Gasteiger partial charge on any atom is 0.108 e. The Labute approximate surface area is 116 Å². The van der Waals surface area contributed by atoms with Crippen LogP contribution >= 0.6 is 0 Å². The van der Waals surface area contributed by atoms with Gasteiger partial charge in [0.15, 0.2) is 0 Å². The van der Waals surface area contributed by atoms with E-state index in [1.807, 2.05) is 6.08 Å². The average molecular weight is 268 g/mol. The van der Waals surface area contributed by atoms with E-state index in [4.69, 9.17) is 0 Å². The summed E-state index contributed by atoms with van der Waals surface area (Å²) in [4.78, 5) is 0. The molecule has 19 heavy (non-hydrogen) atoms. The Balaban J connectivity index is 4.61. The Kier molecular flexibility index (Phi) is 9.11. The van der Waals surface area contributed by atoms with Gasteiger partial charge in [-0.25, -0.2) is 8.78 Å². The summed E-state index contributed by atoms with van der Waals surface area (Å²) in [6.07, 6.45) is 7.33. The van der Waals surface area contributed by atoms with Gasteiger partial charge >= 0.3 is 0 Å². The van der Waals surface area contributed by atoms with E-state index in [0.717, 1.165) is 24.0 Å². The largest absolute Gasteiger partial charge is 0.247 e. The van der Waals surface area contributed by atoms with Gasteiger partial charge in [0, 0.05) is 5.92 Å². The molecule has 0 rings (SSSR count). The van der Waals surface area contributed by atoms with Crippen LogP contribution in [0.1, 0.15) is 40.0 Å². The first kappa shape index (κ1) is 17.8. The van der Waals surface area contributed by atoms with Crippen molar-refractivity contribution in [1.82, 2.24) is 0 Å². The summed E-state index contributed by atoms with van der Waals surface area (Å²) in [5.74, 6) is 0.286. The van der Waals surface area contributed by atoms with Gasteiger partial charge in [-0.15, -0.1) is 0 Å². The minimum atomic E-state index is -0.462. The molecule has 0 saturated heterocycles. The molecule has 108 valence electrons. The molecule has 0 aliphatic heterocycles. The first-order valence-corrected chi connectivity index (χ1v) is 6.83. The molecule has 0 bridgehead atoms. The summed E-state index contributed by atoms with van der Waals surface area (Å²) in [6, 6.07) is 0. The zero-order valence-corrected chi connectivity index (χ0v) is 12.4. The van der Waals surface area contributed by atoms with Gasteiger partial charge in [0.05, 0.1) is 5.83 Å². The Morgan fingerprint density at radius 2 is 1.79 bits per heavy atom. The van der Waals surface area contributed by atoms with E-state index in [0.29, 0.717) is 12.3 Å². The number of halogens is 2. The van der Waals surface area contributed by atoms with Crippen molar-refractivity contribution in [2.24, 2.45) is 11.8 Å². The van der Waals surface area contributed by atoms with Crippen molar-refractivity contribution < 1.29 is 8.78 Å². The summed E-state index contributed by atoms with van der Waals surface area (Å²) in [5, 5.41) is 0. The van der Waals surface area contributed by atoms with E-state index in [2.05, 4.69) is 40.0 Å². The molecular weight excluding hydrogens is 242 g/mol. The van der Waals surface area contributed by atoms with Crippen molar-refractivity contribution in [2.75, 3.05) is 6.67 Å². The normalized spacial score (nSPS) is 14.1. The van der Waals surface area contributed by atoms with Crippen LogP contribution in [0.4, 0.5) is 8.78 Å². The molecule has 0 spiro atoms. The highest BCUT2D eigenvalue weighted by molar-refractivity contribution is 5.28. The van der Waals surface area contributed by atoms with Gasteiger partial charge in [-0.2, -0.15) is 0 Å². The van der Waals surface area contributed by atoms with Crippen molar-refractivity contribution in [3.8, 4) is 0 Å². The topological polar surface area (TPSA) is 0 Å². The molecule has 0 aromatic carbocycles. The van der Waals surface area contributed by atoms with Gasteiger partial charge in [0.25, 0.3) is 0 Å². The van der Waals surface area contributed by atoms with E-state index in [1.165, 1.54) is 6.08 Å². The second kappa shape index (κ2) is 9.71. The van der Waals surface area contributed by atoms with Crippen molar-refractivity contribution in [3.63, 3.8) is 0 Å². The van der Waals surface area contributed by atoms with E-state index in [9.17, 15) is 8.78 Å². The van der Waals surface area contributed by atoms with Crippen molar-refractivity contribution in [2.45, 2.75) is 40.0 Å². The minimum Gasteiger partial charge on any atom is -0.247 e. The van der Waals surface area contributed by atoms with Crippen molar-refractivity contribution in [1.29, 1.82) is 0 Å². The van der Waals surface area contributed by atoms with Gasteiger partial charge in [-0.1, -0.05) is 57.7 Å². The summed E-state index contributed by atoms with van der Waals surface area (Å²) in [7, 11) is 0. The highest BCUT2D eigenvalue weighted by Crippen LogP contribution is 2.25. The Bertz CT molecular complexity index is 348. The molecule has 0 amide bonds. The lowest BCUT2D eigenvalue weighted by molar-refractivity contribution is 0.560. The van der Waals surface area contributed by atoms with Crippen LogP contribution in [-0.4, -0.2) is 6.67 Å². The van der Waals surface area contributed by atoms with E-state index < -0.39 is 6.67 Å². The number of hydrogen-bond donors (Lipinski definition) is 0. The maximum atomic E-state index is 12.6. The van der Waals surface area contributed by atoms with Crippen LogP contribution in [0.15, 0.2) is 48.4 Å². The molecule has 0 aliphatic rings. The average Bonchev–Trinajstić information content (AvgIpc) is 2.32. The molecule has 0 N–H and O–H groups in total. The third kappa shape index (κ3) is 8.52. The maximum absolute atomic E-state index is 12.6. The summed E-state index contributed by atoms with van der Waals surface area (Å²) in [6.45, 7) is 13.1. The fourth-order valence-electron chi connectivity index (χ4n) is 1.87. The lowest BCUT2D eigenvalue weighted by Gasteiger charge is -2.17. The first-order chi connectivity index (χ1) is 8.88. The molecule has 0 saturated carbocycles. The van der Waals surface area contributed by atoms with Crippen LogP contribution in [0.25, 0.3) is 0 Å². The zero-order chi connectivity index (χ0) is 14.8. The van der Waals surface area contributed by atoms with Crippen LogP contribution in [0.3, 0.4) is 0 Å². The molecule has 0 heterocycles. The fraction of sp³-hybridized carbons (Fsp3) is 0.529. The predicted octanol–water partition coefficient (Wildman–Crippen LogP) is 5.94. The quantitative estimate of drug-likeness (QED) is 0.358. The van der Waals surface area contributed by atoms with Crippen LogP contribution in [0.2, 0.25) is 0 Å². The summed E-state index contributed by atoms with van der Waals surface area (Å²) >= 11 is 0. The standard InChI is InChI=1S/C17H26F2/c1-13(2)12-17(10-7-11-18)16(5)14(3)8-6-9-15(4)19/h7,10,12-13,16H,3-4,6,8-9,11H2,1-2,5H3/b10-7-,17-12+. The van der Waals surface area contributed by atoms with Crippen LogP contribution in [-0.2, 0) is 0 Å². The highest BCUT2D eigenvalue weighted by atomic mass is 19.1. The Hall–Kier alpha value is -1.18. The molecule has 1 unspecified atom stereocenters. The van der Waals surface area contributed by atoms with E-state index in [1.54, 1.807) is 0 Å². The van der Waals surface area contributed by atoms with E-state index >= 15 is 0 Å². The second-order valence-corrected chi connectivity index (χ2v) is 5.22. The lowest BCUT2D eigenvalue weighted by atomic mass is 9.88. The molecular formula is C17H26F2. The molecule has 2 heteroatoms. The molecule has 0 aliphatic carbocycles. The van der Waals surface area contributed by atoms with Crippen LogP contribution < -0.4 is 0 Å². The Morgan fingerprint density at radius 1 is 1.16 bits per heavy atom. The van der Waals surface area contributed by atoms with Gasteiger partial charge in [0.1, 0.15) is 6.67 Å². The second-order valence-electron chi connectivity index (χ2n) is 5.22. The number of hydrogen-bond acceptors (Lipinski definition) is 0. The van der Waals surface area contributed by atoms with Gasteiger partial charge < -0.3 is 0 Å². The molecule has 1 atom stereocenters. The highest BCUT2D eigenvalue weighted by Gasteiger charge is 2.11. The summed E-state index contributed by atoms with van der Waals surface area (Å²) in [5.41, 5.74) is 2.13. The SMILES string of the molecule is C=C(F)CCCC(=C)C(C)C(/C=C\CF)=C/C(C)C. The Morgan fingerprint density at radius 3 is 2.26 bits per heavy atom. The smallest absolute Gasteiger partial charge is 0.108 e. The molecule has 0 fully saturated rings. The van der Waals surface area contributed by atoms with Gasteiger partial charge in [-0.05, 0) is 30.8 Å². The monoisotopic (exact) mass is 268 g/mol. The number of allylic oxidation sites excluding steroid dienone is 6. The zero-order valence-electron chi connectivity index (χ0n) is 12.4. The van der Waals surface area contributed by atoms with Crippen molar-refractivity contribution in [3.05, 3.63) is 48.4 Å².